The molecule has 0 aliphatic heterocycles. The topological polar surface area (TPSA) is 39.2 Å². The minimum absolute atomic E-state index is 0.334. The predicted octanol–water partition coefficient (Wildman–Crippen LogP) is 2.71. The van der Waals surface area contributed by atoms with E-state index in [2.05, 4.69) is 4.98 Å². The number of nitrogens with zero attached hydrogens (tertiary/aromatic N) is 1. The Morgan fingerprint density at radius 2 is 2.12 bits per heavy atom. The molecule has 17 heavy (non-hydrogen) atoms. The molecule has 0 aliphatic carbocycles. The number of rotatable bonds is 3. The van der Waals surface area contributed by atoms with E-state index < -0.39 is 5.82 Å². The molecule has 0 atom stereocenters. The molecule has 0 saturated carbocycles. The molecule has 0 bridgehead atoms. The molecule has 1 aromatic carbocycles. The molecule has 0 aliphatic rings. The molecular formula is C13H10FNO2. The quantitative estimate of drug-likeness (QED) is 0.762. The highest BCUT2D eigenvalue weighted by atomic mass is 19.1. The third-order valence-electron chi connectivity index (χ3n) is 2.45. The zero-order valence-electron chi connectivity index (χ0n) is 9.18. The van der Waals surface area contributed by atoms with Crippen LogP contribution >= 0.6 is 0 Å². The van der Waals surface area contributed by atoms with Crippen LogP contribution in [0.15, 0.2) is 36.7 Å². The maximum Gasteiger partial charge on any atom is 0.150 e. The highest BCUT2D eigenvalue weighted by molar-refractivity contribution is 5.87. The number of halogens is 1. The predicted molar refractivity (Wildman–Crippen MR) is 61.6 cm³/mol. The van der Waals surface area contributed by atoms with Crippen LogP contribution in [0.4, 0.5) is 4.39 Å². The van der Waals surface area contributed by atoms with Gasteiger partial charge in [-0.3, -0.25) is 9.78 Å². The fourth-order valence-electron chi connectivity index (χ4n) is 1.57. The Hall–Kier alpha value is -2.23. The summed E-state index contributed by atoms with van der Waals surface area (Å²) in [7, 11) is 1.47. The van der Waals surface area contributed by atoms with Crippen molar-refractivity contribution in [3.63, 3.8) is 0 Å². The van der Waals surface area contributed by atoms with Crippen LogP contribution in [0.5, 0.6) is 5.75 Å². The molecule has 0 spiro atoms. The van der Waals surface area contributed by atoms with Crippen molar-refractivity contribution < 1.29 is 13.9 Å². The summed E-state index contributed by atoms with van der Waals surface area (Å²) in [6.45, 7) is 0. The van der Waals surface area contributed by atoms with E-state index in [1.165, 1.54) is 25.6 Å². The van der Waals surface area contributed by atoms with Crippen LogP contribution in [-0.4, -0.2) is 18.4 Å². The summed E-state index contributed by atoms with van der Waals surface area (Å²) in [6, 6.07) is 6.03. The van der Waals surface area contributed by atoms with E-state index in [0.717, 1.165) is 0 Å². The van der Waals surface area contributed by atoms with E-state index >= 15 is 0 Å². The van der Waals surface area contributed by atoms with E-state index in [-0.39, 0.29) is 0 Å². The van der Waals surface area contributed by atoms with Crippen molar-refractivity contribution >= 4 is 6.29 Å². The lowest BCUT2D eigenvalue weighted by Gasteiger charge is -2.07. The first-order valence-electron chi connectivity index (χ1n) is 4.99. The number of pyridine rings is 1. The highest BCUT2D eigenvalue weighted by Gasteiger charge is 2.10. The summed E-state index contributed by atoms with van der Waals surface area (Å²) in [4.78, 5) is 14.8. The van der Waals surface area contributed by atoms with Gasteiger partial charge in [-0.15, -0.1) is 0 Å². The first kappa shape index (κ1) is 11.3. The van der Waals surface area contributed by atoms with Crippen molar-refractivity contribution in [2.24, 2.45) is 0 Å². The van der Waals surface area contributed by atoms with Crippen molar-refractivity contribution in [2.75, 3.05) is 7.11 Å². The maximum atomic E-state index is 13.8. The second kappa shape index (κ2) is 4.74. The van der Waals surface area contributed by atoms with Gasteiger partial charge in [0.05, 0.1) is 7.11 Å². The van der Waals surface area contributed by atoms with Crippen molar-refractivity contribution in [3.05, 3.63) is 48.0 Å². The lowest BCUT2D eigenvalue weighted by atomic mass is 10.0. The van der Waals surface area contributed by atoms with E-state index in [9.17, 15) is 9.18 Å². The van der Waals surface area contributed by atoms with Crippen molar-refractivity contribution in [1.29, 1.82) is 0 Å². The average molecular weight is 231 g/mol. The molecule has 4 heteroatoms. The highest BCUT2D eigenvalue weighted by Crippen LogP contribution is 2.27. The Bertz CT molecular complexity index is 555. The minimum Gasteiger partial charge on any atom is -0.497 e. The van der Waals surface area contributed by atoms with Crippen LogP contribution in [0.3, 0.4) is 0 Å². The second-order valence-electron chi connectivity index (χ2n) is 3.43. The van der Waals surface area contributed by atoms with Crippen LogP contribution in [0.1, 0.15) is 10.4 Å². The van der Waals surface area contributed by atoms with Gasteiger partial charge in [-0.2, -0.15) is 0 Å². The molecular weight excluding hydrogens is 221 g/mol. The zero-order chi connectivity index (χ0) is 12.3. The Balaban J connectivity index is 2.56. The molecule has 0 amide bonds. The van der Waals surface area contributed by atoms with Gasteiger partial charge in [0.1, 0.15) is 11.6 Å². The van der Waals surface area contributed by atoms with E-state index in [0.29, 0.717) is 28.7 Å². The Kier molecular flexibility index (Phi) is 3.14. The van der Waals surface area contributed by atoms with Crippen LogP contribution in [-0.2, 0) is 0 Å². The van der Waals surface area contributed by atoms with E-state index in [1.54, 1.807) is 18.2 Å². The van der Waals surface area contributed by atoms with Crippen LogP contribution in [0, 0.1) is 5.82 Å². The molecule has 86 valence electrons. The Labute approximate surface area is 97.9 Å². The summed E-state index contributed by atoms with van der Waals surface area (Å²) in [5.74, 6) is -0.0109. The Morgan fingerprint density at radius 3 is 2.76 bits per heavy atom. The number of carbonyl (C=O) groups is 1. The van der Waals surface area contributed by atoms with Gasteiger partial charge in [0, 0.05) is 35.2 Å². The summed E-state index contributed by atoms with van der Waals surface area (Å²) in [6.07, 6.45) is 3.64. The first-order chi connectivity index (χ1) is 8.26. The molecule has 0 N–H and O–H groups in total. The molecule has 2 aromatic rings. The van der Waals surface area contributed by atoms with Gasteiger partial charge in [-0.1, -0.05) is 0 Å². The lowest BCUT2D eigenvalue weighted by molar-refractivity contribution is 0.112. The smallest absolute Gasteiger partial charge is 0.150 e. The fourth-order valence-corrected chi connectivity index (χ4v) is 1.57. The van der Waals surface area contributed by atoms with Crippen molar-refractivity contribution in [2.45, 2.75) is 0 Å². The number of hydrogen-bond acceptors (Lipinski definition) is 3. The number of methoxy groups -OCH3 is 1. The maximum absolute atomic E-state index is 13.8. The first-order valence-corrected chi connectivity index (χ1v) is 4.99. The summed E-state index contributed by atoms with van der Waals surface area (Å²) < 4.78 is 18.7. The second-order valence-corrected chi connectivity index (χ2v) is 3.43. The summed E-state index contributed by atoms with van der Waals surface area (Å²) in [5.41, 5.74) is 1.22. The minimum atomic E-state index is -0.444. The lowest BCUT2D eigenvalue weighted by Crippen LogP contribution is -1.93. The molecule has 1 aromatic heterocycles. The van der Waals surface area contributed by atoms with Gasteiger partial charge in [0.15, 0.2) is 6.29 Å². The van der Waals surface area contributed by atoms with Gasteiger partial charge in [0.2, 0.25) is 0 Å². The standard InChI is InChI=1S/C13H10FNO2/c1-17-10-2-3-11(13(14)6-10)12-7-15-5-4-9(12)8-16/h2-8H,1H3. The van der Waals surface area contributed by atoms with Crippen molar-refractivity contribution in [3.8, 4) is 16.9 Å². The number of aromatic nitrogens is 1. The molecule has 0 saturated heterocycles. The van der Waals surface area contributed by atoms with Gasteiger partial charge in [0.25, 0.3) is 0 Å². The van der Waals surface area contributed by atoms with Crippen molar-refractivity contribution in [1.82, 2.24) is 4.98 Å². The molecule has 3 nitrogen and oxygen atoms in total. The Morgan fingerprint density at radius 1 is 1.29 bits per heavy atom. The fraction of sp³-hybridized carbons (Fsp3) is 0.0769. The monoisotopic (exact) mass is 231 g/mol. The molecule has 2 rings (SSSR count). The number of hydrogen-bond donors (Lipinski definition) is 0. The van der Waals surface area contributed by atoms with Gasteiger partial charge in [-0.25, -0.2) is 4.39 Å². The largest absolute Gasteiger partial charge is 0.497 e. The molecule has 0 unspecified atom stereocenters. The number of ether oxygens (including phenoxy) is 1. The summed E-state index contributed by atoms with van der Waals surface area (Å²) >= 11 is 0. The molecule has 0 radical (unpaired) electrons. The van der Waals surface area contributed by atoms with E-state index in [4.69, 9.17) is 4.74 Å². The van der Waals surface area contributed by atoms with Crippen LogP contribution in [0.2, 0.25) is 0 Å². The molecule has 0 fully saturated rings. The number of benzene rings is 1. The zero-order valence-corrected chi connectivity index (χ0v) is 9.18. The third kappa shape index (κ3) is 2.15. The average Bonchev–Trinajstić information content (AvgIpc) is 2.38. The normalized spacial score (nSPS) is 10.0. The number of carbonyl (C=O) groups excluding carboxylic acids is 1. The summed E-state index contributed by atoms with van der Waals surface area (Å²) in [5, 5.41) is 0. The SMILES string of the molecule is COc1ccc(-c2cnccc2C=O)c(F)c1. The van der Waals surface area contributed by atoms with E-state index in [1.807, 2.05) is 0 Å². The number of aldehydes is 1. The van der Waals surface area contributed by atoms with Crippen LogP contribution < -0.4 is 4.74 Å². The van der Waals surface area contributed by atoms with Gasteiger partial charge in [-0.05, 0) is 18.2 Å². The third-order valence-corrected chi connectivity index (χ3v) is 2.45. The van der Waals surface area contributed by atoms with Gasteiger partial charge >= 0.3 is 0 Å². The molecule has 1 heterocycles. The van der Waals surface area contributed by atoms with Crippen LogP contribution in [0.25, 0.3) is 11.1 Å². The van der Waals surface area contributed by atoms with Gasteiger partial charge < -0.3 is 4.74 Å².